The molecule has 0 aliphatic heterocycles. The van der Waals surface area contributed by atoms with E-state index in [1.165, 1.54) is 44.9 Å². The van der Waals surface area contributed by atoms with Crippen molar-refractivity contribution in [1.29, 1.82) is 0 Å². The lowest BCUT2D eigenvalue weighted by molar-refractivity contribution is 0.149. The van der Waals surface area contributed by atoms with Gasteiger partial charge in [0.05, 0.1) is 0 Å². The summed E-state index contributed by atoms with van der Waals surface area (Å²) in [6.45, 7) is 16.9. The van der Waals surface area contributed by atoms with Crippen LogP contribution in [0.2, 0.25) is 0 Å². The standard InChI is InChI=1S/C19H40/c1-8-11-12-13-14-19(10-3)18(7)17(6)16(5)15(4)9-2/h15-19H,8-14H2,1-7H3. The van der Waals surface area contributed by atoms with E-state index >= 15 is 0 Å². The molecule has 0 saturated carbocycles. The van der Waals surface area contributed by atoms with Crippen LogP contribution in [-0.4, -0.2) is 0 Å². The summed E-state index contributed by atoms with van der Waals surface area (Å²) in [5, 5.41) is 0. The van der Waals surface area contributed by atoms with Crippen molar-refractivity contribution in [3.63, 3.8) is 0 Å². The first-order valence-corrected chi connectivity index (χ1v) is 8.99. The minimum absolute atomic E-state index is 0.865. The Morgan fingerprint density at radius 2 is 1.26 bits per heavy atom. The Morgan fingerprint density at radius 1 is 0.632 bits per heavy atom. The predicted octanol–water partition coefficient (Wildman–Crippen LogP) is 6.94. The van der Waals surface area contributed by atoms with Crippen LogP contribution in [0.15, 0.2) is 0 Å². The third-order valence-electron chi connectivity index (χ3n) is 5.90. The summed E-state index contributed by atoms with van der Waals surface area (Å²) in [6.07, 6.45) is 9.80. The minimum atomic E-state index is 0.865. The van der Waals surface area contributed by atoms with E-state index in [9.17, 15) is 0 Å². The van der Waals surface area contributed by atoms with Crippen molar-refractivity contribution in [1.82, 2.24) is 0 Å². The predicted molar refractivity (Wildman–Crippen MR) is 89.5 cm³/mol. The normalized spacial score (nSPS) is 19.7. The van der Waals surface area contributed by atoms with Crippen molar-refractivity contribution in [2.24, 2.45) is 29.6 Å². The Kier molecular flexibility index (Phi) is 10.7. The van der Waals surface area contributed by atoms with Gasteiger partial charge in [-0.25, -0.2) is 0 Å². The maximum atomic E-state index is 2.51. The van der Waals surface area contributed by atoms with Gasteiger partial charge in [0.15, 0.2) is 0 Å². The van der Waals surface area contributed by atoms with Gasteiger partial charge in [0.25, 0.3) is 0 Å². The van der Waals surface area contributed by atoms with Gasteiger partial charge in [0, 0.05) is 0 Å². The highest BCUT2D eigenvalue weighted by Gasteiger charge is 2.27. The van der Waals surface area contributed by atoms with E-state index in [0.717, 1.165) is 29.6 Å². The second kappa shape index (κ2) is 10.7. The van der Waals surface area contributed by atoms with Gasteiger partial charge in [-0.1, -0.05) is 93.4 Å². The van der Waals surface area contributed by atoms with Crippen LogP contribution < -0.4 is 0 Å². The molecule has 0 rings (SSSR count). The summed E-state index contributed by atoms with van der Waals surface area (Å²) in [7, 11) is 0. The molecule has 0 aromatic carbocycles. The van der Waals surface area contributed by atoms with E-state index in [1.54, 1.807) is 0 Å². The SMILES string of the molecule is CCCCCCC(CC)C(C)C(C)C(C)C(C)CC. The molecule has 0 aromatic heterocycles. The largest absolute Gasteiger partial charge is 0.0654 e. The van der Waals surface area contributed by atoms with E-state index < -0.39 is 0 Å². The van der Waals surface area contributed by atoms with Crippen LogP contribution in [0.3, 0.4) is 0 Å². The van der Waals surface area contributed by atoms with E-state index in [2.05, 4.69) is 48.5 Å². The van der Waals surface area contributed by atoms with Crippen LogP contribution in [-0.2, 0) is 0 Å². The highest BCUT2D eigenvalue weighted by molar-refractivity contribution is 4.76. The van der Waals surface area contributed by atoms with Crippen molar-refractivity contribution in [2.45, 2.75) is 93.4 Å². The number of hydrogen-bond donors (Lipinski definition) is 0. The molecule has 0 nitrogen and oxygen atoms in total. The average Bonchev–Trinajstić information content (AvgIpc) is 2.44. The molecule has 0 fully saturated rings. The summed E-state index contributed by atoms with van der Waals surface area (Å²) >= 11 is 0. The molecule has 0 saturated heterocycles. The summed E-state index contributed by atoms with van der Waals surface area (Å²) in [5.74, 6) is 4.43. The van der Waals surface area contributed by atoms with Crippen molar-refractivity contribution < 1.29 is 0 Å². The quantitative estimate of drug-likeness (QED) is 0.356. The lowest BCUT2D eigenvalue weighted by atomic mass is 9.71. The average molecular weight is 269 g/mol. The number of unbranched alkanes of at least 4 members (excludes halogenated alkanes) is 3. The van der Waals surface area contributed by atoms with Gasteiger partial charge in [0.1, 0.15) is 0 Å². The zero-order valence-corrected chi connectivity index (χ0v) is 14.8. The number of hydrogen-bond acceptors (Lipinski definition) is 0. The maximum absolute atomic E-state index is 2.51. The van der Waals surface area contributed by atoms with Gasteiger partial charge in [-0.2, -0.15) is 0 Å². The van der Waals surface area contributed by atoms with Crippen LogP contribution in [0.5, 0.6) is 0 Å². The zero-order chi connectivity index (χ0) is 14.8. The molecule has 5 unspecified atom stereocenters. The fourth-order valence-electron chi connectivity index (χ4n) is 3.47. The second-order valence-corrected chi connectivity index (χ2v) is 6.98. The van der Waals surface area contributed by atoms with Gasteiger partial charge in [-0.15, -0.1) is 0 Å². The molecule has 0 aliphatic carbocycles. The Labute approximate surface area is 123 Å². The second-order valence-electron chi connectivity index (χ2n) is 6.98. The Balaban J connectivity index is 4.27. The molecule has 0 heteroatoms. The molecule has 0 N–H and O–H groups in total. The Bertz CT molecular complexity index is 196. The van der Waals surface area contributed by atoms with Crippen molar-refractivity contribution in [3.8, 4) is 0 Å². The highest BCUT2D eigenvalue weighted by atomic mass is 14.3. The Morgan fingerprint density at radius 3 is 1.74 bits per heavy atom. The number of rotatable bonds is 11. The topological polar surface area (TPSA) is 0 Å². The molecular weight excluding hydrogens is 228 g/mol. The highest BCUT2D eigenvalue weighted by Crippen LogP contribution is 2.35. The van der Waals surface area contributed by atoms with Crippen LogP contribution in [0.25, 0.3) is 0 Å². The van der Waals surface area contributed by atoms with Gasteiger partial charge in [-0.05, 0) is 29.6 Å². The molecule has 19 heavy (non-hydrogen) atoms. The fourth-order valence-corrected chi connectivity index (χ4v) is 3.47. The third kappa shape index (κ3) is 6.82. The summed E-state index contributed by atoms with van der Waals surface area (Å²) in [6, 6.07) is 0. The molecule has 5 atom stereocenters. The van der Waals surface area contributed by atoms with Gasteiger partial charge in [0.2, 0.25) is 0 Å². The molecule has 0 amide bonds. The van der Waals surface area contributed by atoms with E-state index in [-0.39, 0.29) is 0 Å². The minimum Gasteiger partial charge on any atom is -0.0654 e. The maximum Gasteiger partial charge on any atom is -0.0386 e. The van der Waals surface area contributed by atoms with Crippen molar-refractivity contribution >= 4 is 0 Å². The fraction of sp³-hybridized carbons (Fsp3) is 1.00. The molecule has 116 valence electrons. The van der Waals surface area contributed by atoms with Crippen molar-refractivity contribution in [3.05, 3.63) is 0 Å². The van der Waals surface area contributed by atoms with E-state index in [0.29, 0.717) is 0 Å². The van der Waals surface area contributed by atoms with Gasteiger partial charge < -0.3 is 0 Å². The van der Waals surface area contributed by atoms with Gasteiger partial charge >= 0.3 is 0 Å². The third-order valence-corrected chi connectivity index (χ3v) is 5.90. The first-order valence-electron chi connectivity index (χ1n) is 8.99. The molecule has 0 spiro atoms. The summed E-state index contributed by atoms with van der Waals surface area (Å²) < 4.78 is 0. The zero-order valence-electron chi connectivity index (χ0n) is 14.8. The van der Waals surface area contributed by atoms with E-state index in [4.69, 9.17) is 0 Å². The van der Waals surface area contributed by atoms with Crippen LogP contribution >= 0.6 is 0 Å². The molecule has 0 aliphatic rings. The van der Waals surface area contributed by atoms with Crippen LogP contribution in [0, 0.1) is 29.6 Å². The van der Waals surface area contributed by atoms with E-state index in [1.807, 2.05) is 0 Å². The summed E-state index contributed by atoms with van der Waals surface area (Å²) in [5.41, 5.74) is 0. The monoisotopic (exact) mass is 268 g/mol. The van der Waals surface area contributed by atoms with Crippen LogP contribution in [0.1, 0.15) is 93.4 Å². The Hall–Kier alpha value is 0. The van der Waals surface area contributed by atoms with Gasteiger partial charge in [-0.3, -0.25) is 0 Å². The van der Waals surface area contributed by atoms with Crippen molar-refractivity contribution in [2.75, 3.05) is 0 Å². The lowest BCUT2D eigenvalue weighted by Crippen LogP contribution is -2.27. The molecule has 0 heterocycles. The molecular formula is C19H40. The first-order chi connectivity index (χ1) is 8.99. The molecule has 0 radical (unpaired) electrons. The lowest BCUT2D eigenvalue weighted by Gasteiger charge is -2.35. The summed E-state index contributed by atoms with van der Waals surface area (Å²) in [4.78, 5) is 0. The van der Waals surface area contributed by atoms with Crippen LogP contribution in [0.4, 0.5) is 0 Å². The molecule has 0 aromatic rings. The first kappa shape index (κ1) is 19.0. The smallest absolute Gasteiger partial charge is 0.0386 e. The molecule has 0 bridgehead atoms.